The van der Waals surface area contributed by atoms with Crippen molar-refractivity contribution in [2.24, 2.45) is 23.2 Å². The molecule has 1 N–H and O–H groups in total. The summed E-state index contributed by atoms with van der Waals surface area (Å²) in [5.74, 6) is 2.96. The van der Waals surface area contributed by atoms with Gasteiger partial charge in [-0.1, -0.05) is 17.7 Å². The van der Waals surface area contributed by atoms with E-state index in [9.17, 15) is 4.79 Å². The van der Waals surface area contributed by atoms with Crippen LogP contribution >= 0.6 is 0 Å². The van der Waals surface area contributed by atoms with Gasteiger partial charge in [-0.15, -0.1) is 0 Å². The summed E-state index contributed by atoms with van der Waals surface area (Å²) in [5, 5.41) is 3.24. The average molecular weight is 283 g/mol. The molecule has 5 rings (SSSR count). The third-order valence-electron chi connectivity index (χ3n) is 6.07. The average Bonchev–Trinajstić information content (AvgIpc) is 2.43. The summed E-state index contributed by atoms with van der Waals surface area (Å²) in [6.07, 6.45) is 8.45. The van der Waals surface area contributed by atoms with Gasteiger partial charge in [0.25, 0.3) is 5.91 Å². The second-order valence-electron chi connectivity index (χ2n) is 7.97. The number of nitrogens with one attached hydrogen (secondary N) is 1. The molecule has 21 heavy (non-hydrogen) atoms. The van der Waals surface area contributed by atoms with Gasteiger partial charge in [-0.3, -0.25) is 4.79 Å². The second kappa shape index (κ2) is 4.86. The van der Waals surface area contributed by atoms with Crippen molar-refractivity contribution in [3.63, 3.8) is 0 Å². The molecule has 0 heterocycles. The predicted octanol–water partition coefficient (Wildman–Crippen LogP) is 3.94. The lowest BCUT2D eigenvalue weighted by molar-refractivity contribution is -0.0503. The van der Waals surface area contributed by atoms with Crippen LogP contribution in [0.15, 0.2) is 24.3 Å². The standard InChI is InChI=1S/C19H25NO/c1-13-3-2-4-17(5-13)18(21)20-12-19-9-14-6-15(10-19)8-16(7-14)11-19/h2-5,14-16H,6-12H2,1H3,(H,20,21). The van der Waals surface area contributed by atoms with E-state index in [2.05, 4.69) is 5.32 Å². The fourth-order valence-electron chi connectivity index (χ4n) is 5.66. The van der Waals surface area contributed by atoms with E-state index in [1.54, 1.807) is 0 Å². The predicted molar refractivity (Wildman–Crippen MR) is 84.1 cm³/mol. The van der Waals surface area contributed by atoms with E-state index in [0.717, 1.165) is 35.4 Å². The molecule has 4 aliphatic carbocycles. The molecule has 4 aliphatic rings. The number of rotatable bonds is 3. The van der Waals surface area contributed by atoms with Crippen molar-refractivity contribution in [1.82, 2.24) is 5.32 Å². The van der Waals surface area contributed by atoms with Gasteiger partial charge in [0, 0.05) is 12.1 Å². The molecular formula is C19H25NO. The minimum Gasteiger partial charge on any atom is -0.351 e. The summed E-state index contributed by atoms with van der Waals surface area (Å²) >= 11 is 0. The van der Waals surface area contributed by atoms with Crippen LogP contribution in [0.25, 0.3) is 0 Å². The maximum atomic E-state index is 12.4. The molecule has 2 nitrogen and oxygen atoms in total. The topological polar surface area (TPSA) is 29.1 Å². The molecule has 0 spiro atoms. The second-order valence-corrected chi connectivity index (χ2v) is 7.97. The third-order valence-corrected chi connectivity index (χ3v) is 6.07. The molecule has 4 bridgehead atoms. The molecule has 112 valence electrons. The minimum absolute atomic E-state index is 0.106. The number of hydrogen-bond acceptors (Lipinski definition) is 1. The van der Waals surface area contributed by atoms with Crippen LogP contribution < -0.4 is 5.32 Å². The first-order valence-electron chi connectivity index (χ1n) is 8.47. The zero-order valence-corrected chi connectivity index (χ0v) is 12.9. The Bertz CT molecular complexity index is 527. The van der Waals surface area contributed by atoms with Crippen LogP contribution in [0.4, 0.5) is 0 Å². The van der Waals surface area contributed by atoms with Gasteiger partial charge < -0.3 is 5.32 Å². The zero-order valence-electron chi connectivity index (χ0n) is 12.9. The van der Waals surface area contributed by atoms with Crippen molar-refractivity contribution in [3.8, 4) is 0 Å². The summed E-state index contributed by atoms with van der Waals surface area (Å²) in [6.45, 7) is 2.93. The number of hydrogen-bond donors (Lipinski definition) is 1. The summed E-state index contributed by atoms with van der Waals surface area (Å²) in [7, 11) is 0. The van der Waals surface area contributed by atoms with Crippen LogP contribution in [0.3, 0.4) is 0 Å². The molecule has 0 aliphatic heterocycles. The van der Waals surface area contributed by atoms with Gasteiger partial charge in [0.15, 0.2) is 0 Å². The highest BCUT2D eigenvalue weighted by atomic mass is 16.1. The van der Waals surface area contributed by atoms with Crippen molar-refractivity contribution in [2.75, 3.05) is 6.54 Å². The van der Waals surface area contributed by atoms with Gasteiger partial charge in [-0.25, -0.2) is 0 Å². The van der Waals surface area contributed by atoms with E-state index in [-0.39, 0.29) is 5.91 Å². The van der Waals surface area contributed by atoms with Gasteiger partial charge in [0.1, 0.15) is 0 Å². The first-order valence-corrected chi connectivity index (χ1v) is 8.47. The number of benzene rings is 1. The Balaban J connectivity index is 1.44. The molecule has 1 aromatic carbocycles. The lowest BCUT2D eigenvalue weighted by Gasteiger charge is -2.56. The number of aryl methyl sites for hydroxylation is 1. The lowest BCUT2D eigenvalue weighted by atomic mass is 9.49. The van der Waals surface area contributed by atoms with Gasteiger partial charge >= 0.3 is 0 Å². The molecule has 4 fully saturated rings. The normalized spacial score (nSPS) is 36.7. The van der Waals surface area contributed by atoms with Crippen molar-refractivity contribution < 1.29 is 4.79 Å². The lowest BCUT2D eigenvalue weighted by Crippen LogP contribution is -2.51. The molecule has 1 aromatic rings. The van der Waals surface area contributed by atoms with Crippen molar-refractivity contribution >= 4 is 5.91 Å². The molecule has 2 heteroatoms. The summed E-state index contributed by atoms with van der Waals surface area (Å²) < 4.78 is 0. The quantitative estimate of drug-likeness (QED) is 0.894. The molecule has 0 radical (unpaired) electrons. The highest BCUT2D eigenvalue weighted by Gasteiger charge is 2.50. The molecule has 0 atom stereocenters. The Kier molecular flexibility index (Phi) is 3.09. The fourth-order valence-corrected chi connectivity index (χ4v) is 5.66. The zero-order chi connectivity index (χ0) is 14.4. The molecule has 0 aromatic heterocycles. The smallest absolute Gasteiger partial charge is 0.251 e. The maximum absolute atomic E-state index is 12.4. The molecular weight excluding hydrogens is 258 g/mol. The molecule has 0 unspecified atom stereocenters. The Morgan fingerprint density at radius 3 is 2.33 bits per heavy atom. The van der Waals surface area contributed by atoms with E-state index in [1.165, 1.54) is 38.5 Å². The van der Waals surface area contributed by atoms with E-state index in [0.29, 0.717) is 5.41 Å². The van der Waals surface area contributed by atoms with Gasteiger partial charge in [0.05, 0.1) is 0 Å². The fraction of sp³-hybridized carbons (Fsp3) is 0.632. The summed E-state index contributed by atoms with van der Waals surface area (Å²) in [4.78, 5) is 12.4. The molecule has 0 saturated heterocycles. The molecule has 1 amide bonds. The first kappa shape index (κ1) is 13.4. The number of amides is 1. The Morgan fingerprint density at radius 1 is 1.14 bits per heavy atom. The van der Waals surface area contributed by atoms with Crippen LogP contribution in [-0.4, -0.2) is 12.5 Å². The highest BCUT2D eigenvalue weighted by Crippen LogP contribution is 2.59. The van der Waals surface area contributed by atoms with Crippen molar-refractivity contribution in [2.45, 2.75) is 45.4 Å². The van der Waals surface area contributed by atoms with Crippen molar-refractivity contribution in [1.29, 1.82) is 0 Å². The van der Waals surface area contributed by atoms with Gasteiger partial charge in [-0.05, 0) is 80.8 Å². The van der Waals surface area contributed by atoms with E-state index >= 15 is 0 Å². The van der Waals surface area contributed by atoms with Crippen LogP contribution in [0.5, 0.6) is 0 Å². The number of carbonyl (C=O) groups is 1. The number of carbonyl (C=O) groups excluding carboxylic acids is 1. The maximum Gasteiger partial charge on any atom is 0.251 e. The summed E-state index contributed by atoms with van der Waals surface area (Å²) in [6, 6.07) is 7.90. The molecule has 4 saturated carbocycles. The van der Waals surface area contributed by atoms with Crippen LogP contribution in [0.2, 0.25) is 0 Å². The van der Waals surface area contributed by atoms with Gasteiger partial charge in [0.2, 0.25) is 0 Å². The van der Waals surface area contributed by atoms with Crippen LogP contribution in [0.1, 0.15) is 54.4 Å². The third kappa shape index (κ3) is 2.49. The first-order chi connectivity index (χ1) is 10.1. The summed E-state index contributed by atoms with van der Waals surface area (Å²) in [5.41, 5.74) is 2.38. The minimum atomic E-state index is 0.106. The van der Waals surface area contributed by atoms with E-state index in [4.69, 9.17) is 0 Å². The van der Waals surface area contributed by atoms with Crippen LogP contribution in [0, 0.1) is 30.1 Å². The Labute approximate surface area is 127 Å². The monoisotopic (exact) mass is 283 g/mol. The van der Waals surface area contributed by atoms with Crippen LogP contribution in [-0.2, 0) is 0 Å². The Hall–Kier alpha value is -1.31. The highest BCUT2D eigenvalue weighted by molar-refractivity contribution is 5.94. The SMILES string of the molecule is Cc1cccc(C(=O)NCC23CC4CC(CC(C4)C2)C3)c1. The van der Waals surface area contributed by atoms with Gasteiger partial charge in [-0.2, -0.15) is 0 Å². The Morgan fingerprint density at radius 2 is 1.76 bits per heavy atom. The largest absolute Gasteiger partial charge is 0.351 e. The van der Waals surface area contributed by atoms with E-state index in [1.807, 2.05) is 31.2 Å². The van der Waals surface area contributed by atoms with Crippen molar-refractivity contribution in [3.05, 3.63) is 35.4 Å². The van der Waals surface area contributed by atoms with E-state index < -0.39 is 0 Å².